The highest BCUT2D eigenvalue weighted by Crippen LogP contribution is 1.75. The number of hydrazone groups is 1. The first-order valence-corrected chi connectivity index (χ1v) is 3.58. The highest BCUT2D eigenvalue weighted by Gasteiger charge is 1.92. The molecule has 1 atom stereocenters. The quantitative estimate of drug-likeness (QED) is 0.446. The lowest BCUT2D eigenvalue weighted by molar-refractivity contribution is 0.554. The van der Waals surface area contributed by atoms with Gasteiger partial charge in [0.1, 0.15) is 0 Å². The number of nitrogens with zero attached hydrogens (tertiary/aromatic N) is 1. The third-order valence-electron chi connectivity index (χ3n) is 1.19. The van der Waals surface area contributed by atoms with Crippen LogP contribution in [-0.2, 0) is 0 Å². The molecule has 0 spiro atoms. The smallest absolute Gasteiger partial charge is 0.0480 e. The molecule has 0 aromatic heterocycles. The number of hydrogen-bond acceptors (Lipinski definition) is 3. The number of rotatable bonds is 4. The van der Waals surface area contributed by atoms with Gasteiger partial charge in [0.25, 0.3) is 0 Å². The predicted molar refractivity (Wildman–Crippen MR) is 45.3 cm³/mol. The van der Waals surface area contributed by atoms with Gasteiger partial charge in [0, 0.05) is 18.3 Å². The van der Waals surface area contributed by atoms with Crippen LogP contribution < -0.4 is 10.7 Å². The van der Waals surface area contributed by atoms with E-state index in [2.05, 4.69) is 22.8 Å². The summed E-state index contributed by atoms with van der Waals surface area (Å²) in [6, 6.07) is 0.475. The molecule has 3 nitrogen and oxygen atoms in total. The SMILES string of the molecule is CNC(C)CNN=C(C)C. The zero-order valence-electron chi connectivity index (χ0n) is 7.23. The molecule has 0 bridgehead atoms. The van der Waals surface area contributed by atoms with Crippen molar-refractivity contribution in [3.63, 3.8) is 0 Å². The summed E-state index contributed by atoms with van der Waals surface area (Å²) in [5, 5.41) is 7.15. The second-order valence-corrected chi connectivity index (χ2v) is 2.61. The first-order valence-electron chi connectivity index (χ1n) is 3.58. The van der Waals surface area contributed by atoms with Crippen LogP contribution in [0.5, 0.6) is 0 Å². The largest absolute Gasteiger partial charge is 0.315 e. The molecule has 0 aliphatic rings. The van der Waals surface area contributed by atoms with Gasteiger partial charge < -0.3 is 10.7 Å². The summed E-state index contributed by atoms with van der Waals surface area (Å²) < 4.78 is 0. The van der Waals surface area contributed by atoms with Crippen LogP contribution in [0.1, 0.15) is 20.8 Å². The Kier molecular flexibility index (Phi) is 4.94. The van der Waals surface area contributed by atoms with Gasteiger partial charge in [-0.15, -0.1) is 0 Å². The van der Waals surface area contributed by atoms with E-state index in [1.54, 1.807) is 0 Å². The standard InChI is InChI=1S/C7H17N3/c1-6(2)10-9-5-7(3)8-4/h7-9H,5H2,1-4H3. The van der Waals surface area contributed by atoms with Crippen LogP contribution in [0.4, 0.5) is 0 Å². The van der Waals surface area contributed by atoms with E-state index in [0.717, 1.165) is 12.3 Å². The van der Waals surface area contributed by atoms with E-state index in [0.29, 0.717) is 6.04 Å². The minimum Gasteiger partial charge on any atom is -0.315 e. The van der Waals surface area contributed by atoms with Crippen molar-refractivity contribution < 1.29 is 0 Å². The Hall–Kier alpha value is -0.570. The predicted octanol–water partition coefficient (Wildman–Crippen LogP) is 0.580. The minimum absolute atomic E-state index is 0.475. The molecule has 60 valence electrons. The Morgan fingerprint density at radius 3 is 2.50 bits per heavy atom. The van der Waals surface area contributed by atoms with Crippen molar-refractivity contribution in [3.8, 4) is 0 Å². The molecule has 2 N–H and O–H groups in total. The highest BCUT2D eigenvalue weighted by atomic mass is 15.3. The Balaban J connectivity index is 3.28. The maximum absolute atomic E-state index is 4.04. The molecular formula is C7H17N3. The number of likely N-dealkylation sites (N-methyl/N-ethyl adjacent to an activating group) is 1. The third kappa shape index (κ3) is 5.56. The number of hydrogen-bond donors (Lipinski definition) is 2. The normalized spacial score (nSPS) is 12.4. The third-order valence-corrected chi connectivity index (χ3v) is 1.19. The van der Waals surface area contributed by atoms with Crippen molar-refractivity contribution >= 4 is 5.71 Å². The molecule has 0 aromatic carbocycles. The van der Waals surface area contributed by atoms with Crippen LogP contribution in [0.2, 0.25) is 0 Å². The first-order chi connectivity index (χ1) is 4.66. The summed E-state index contributed by atoms with van der Waals surface area (Å²) in [5.74, 6) is 0. The minimum atomic E-state index is 0.475. The molecular weight excluding hydrogens is 126 g/mol. The lowest BCUT2D eigenvalue weighted by atomic mass is 10.3. The van der Waals surface area contributed by atoms with Crippen LogP contribution >= 0.6 is 0 Å². The summed E-state index contributed by atoms with van der Waals surface area (Å²) in [4.78, 5) is 0. The van der Waals surface area contributed by atoms with E-state index < -0.39 is 0 Å². The van der Waals surface area contributed by atoms with E-state index >= 15 is 0 Å². The Morgan fingerprint density at radius 2 is 2.10 bits per heavy atom. The summed E-state index contributed by atoms with van der Waals surface area (Å²) in [6.45, 7) is 6.92. The van der Waals surface area contributed by atoms with E-state index in [4.69, 9.17) is 0 Å². The summed E-state index contributed by atoms with van der Waals surface area (Å²) in [7, 11) is 1.94. The van der Waals surface area contributed by atoms with E-state index in [1.807, 2.05) is 20.9 Å². The molecule has 0 saturated heterocycles. The van der Waals surface area contributed by atoms with Crippen molar-refractivity contribution in [1.29, 1.82) is 0 Å². The van der Waals surface area contributed by atoms with Crippen molar-refractivity contribution in [2.45, 2.75) is 26.8 Å². The van der Waals surface area contributed by atoms with Gasteiger partial charge in [0.05, 0.1) is 0 Å². The molecule has 0 fully saturated rings. The van der Waals surface area contributed by atoms with Crippen LogP contribution in [0, 0.1) is 0 Å². The van der Waals surface area contributed by atoms with Crippen LogP contribution in [0.3, 0.4) is 0 Å². The summed E-state index contributed by atoms with van der Waals surface area (Å²) >= 11 is 0. The van der Waals surface area contributed by atoms with Gasteiger partial charge in [-0.05, 0) is 27.8 Å². The van der Waals surface area contributed by atoms with Crippen molar-refractivity contribution in [3.05, 3.63) is 0 Å². The zero-order chi connectivity index (χ0) is 7.98. The fraction of sp³-hybridized carbons (Fsp3) is 0.857. The van der Waals surface area contributed by atoms with Gasteiger partial charge in [-0.25, -0.2) is 0 Å². The molecule has 0 aromatic rings. The van der Waals surface area contributed by atoms with Crippen molar-refractivity contribution in [2.75, 3.05) is 13.6 Å². The molecule has 3 heteroatoms. The van der Waals surface area contributed by atoms with Crippen LogP contribution in [-0.4, -0.2) is 25.3 Å². The molecule has 10 heavy (non-hydrogen) atoms. The lowest BCUT2D eigenvalue weighted by Gasteiger charge is -2.08. The van der Waals surface area contributed by atoms with Gasteiger partial charge >= 0.3 is 0 Å². The van der Waals surface area contributed by atoms with Gasteiger partial charge in [-0.2, -0.15) is 5.10 Å². The summed E-state index contributed by atoms with van der Waals surface area (Å²) in [6.07, 6.45) is 0. The lowest BCUT2D eigenvalue weighted by Crippen LogP contribution is -2.31. The number of nitrogens with one attached hydrogen (secondary N) is 2. The molecule has 0 aliphatic heterocycles. The Morgan fingerprint density at radius 1 is 1.50 bits per heavy atom. The second kappa shape index (κ2) is 5.23. The van der Waals surface area contributed by atoms with Crippen molar-refractivity contribution in [1.82, 2.24) is 10.7 Å². The fourth-order valence-electron chi connectivity index (χ4n) is 0.443. The van der Waals surface area contributed by atoms with Gasteiger partial charge in [0.15, 0.2) is 0 Å². The molecule has 0 saturated carbocycles. The second-order valence-electron chi connectivity index (χ2n) is 2.61. The van der Waals surface area contributed by atoms with Crippen LogP contribution in [0.15, 0.2) is 5.10 Å². The zero-order valence-corrected chi connectivity index (χ0v) is 7.23. The van der Waals surface area contributed by atoms with Gasteiger partial charge in [-0.3, -0.25) is 0 Å². The highest BCUT2D eigenvalue weighted by molar-refractivity contribution is 5.78. The fourth-order valence-corrected chi connectivity index (χ4v) is 0.443. The van der Waals surface area contributed by atoms with E-state index in [9.17, 15) is 0 Å². The van der Waals surface area contributed by atoms with Gasteiger partial charge in [0.2, 0.25) is 0 Å². The molecule has 0 heterocycles. The van der Waals surface area contributed by atoms with E-state index in [-0.39, 0.29) is 0 Å². The Labute approximate surface area is 62.9 Å². The van der Waals surface area contributed by atoms with Crippen LogP contribution in [0.25, 0.3) is 0 Å². The molecule has 1 unspecified atom stereocenters. The van der Waals surface area contributed by atoms with E-state index in [1.165, 1.54) is 0 Å². The van der Waals surface area contributed by atoms with Crippen molar-refractivity contribution in [2.24, 2.45) is 5.10 Å². The molecule has 0 aliphatic carbocycles. The maximum Gasteiger partial charge on any atom is 0.0480 e. The summed E-state index contributed by atoms with van der Waals surface area (Å²) in [5.41, 5.74) is 4.02. The topological polar surface area (TPSA) is 36.4 Å². The maximum atomic E-state index is 4.04. The molecule has 0 rings (SSSR count). The Bertz CT molecular complexity index is 105. The monoisotopic (exact) mass is 143 g/mol. The first kappa shape index (κ1) is 9.43. The average Bonchev–Trinajstić information content (AvgIpc) is 1.87. The molecule has 0 amide bonds. The van der Waals surface area contributed by atoms with Gasteiger partial charge in [-0.1, -0.05) is 0 Å². The average molecular weight is 143 g/mol. The molecule has 0 radical (unpaired) electrons.